The maximum absolute atomic E-state index is 10.5. The zero-order chi connectivity index (χ0) is 14.9. The van der Waals surface area contributed by atoms with E-state index in [1.165, 1.54) is 5.56 Å². The molecule has 20 heavy (non-hydrogen) atoms. The summed E-state index contributed by atoms with van der Waals surface area (Å²) in [6.45, 7) is 8.52. The van der Waals surface area contributed by atoms with E-state index in [1.807, 2.05) is 37.3 Å². The molecule has 0 saturated heterocycles. The Morgan fingerprint density at radius 3 is 2.15 bits per heavy atom. The van der Waals surface area contributed by atoms with E-state index >= 15 is 0 Å². The van der Waals surface area contributed by atoms with Crippen molar-refractivity contribution in [1.82, 2.24) is 0 Å². The fourth-order valence-corrected chi connectivity index (χ4v) is 2.43. The van der Waals surface area contributed by atoms with Gasteiger partial charge < -0.3 is 5.11 Å². The number of aliphatic hydroxyl groups is 1. The highest BCUT2D eigenvalue weighted by Gasteiger charge is 2.16. The number of halogens is 1. The smallest absolute Gasteiger partial charge is 0.104 e. The van der Waals surface area contributed by atoms with Crippen molar-refractivity contribution in [3.63, 3.8) is 0 Å². The maximum atomic E-state index is 10.5. The second kappa shape index (κ2) is 5.59. The van der Waals surface area contributed by atoms with E-state index in [1.54, 1.807) is 0 Å². The molecule has 2 aromatic carbocycles. The largest absolute Gasteiger partial charge is 0.384 e. The van der Waals surface area contributed by atoms with Gasteiger partial charge in [0.2, 0.25) is 0 Å². The van der Waals surface area contributed by atoms with E-state index < -0.39 is 6.10 Å². The quantitative estimate of drug-likeness (QED) is 0.822. The fourth-order valence-electron chi connectivity index (χ4n) is 2.25. The molecule has 0 radical (unpaired) electrons. The monoisotopic (exact) mass is 288 g/mol. The number of hydrogen-bond donors (Lipinski definition) is 1. The van der Waals surface area contributed by atoms with Gasteiger partial charge in [-0.3, -0.25) is 0 Å². The van der Waals surface area contributed by atoms with E-state index in [9.17, 15) is 5.11 Å². The van der Waals surface area contributed by atoms with Crippen LogP contribution in [0.25, 0.3) is 0 Å². The molecule has 1 N–H and O–H groups in total. The van der Waals surface area contributed by atoms with Crippen molar-refractivity contribution in [3.8, 4) is 0 Å². The molecule has 2 rings (SSSR count). The molecular weight excluding hydrogens is 268 g/mol. The Bertz CT molecular complexity index is 594. The second-order valence-corrected chi connectivity index (χ2v) is 6.71. The van der Waals surface area contributed by atoms with Crippen LogP contribution < -0.4 is 0 Å². The van der Waals surface area contributed by atoms with Gasteiger partial charge in [0.25, 0.3) is 0 Å². The topological polar surface area (TPSA) is 20.2 Å². The van der Waals surface area contributed by atoms with Crippen LogP contribution in [0.2, 0.25) is 5.02 Å². The Kier molecular flexibility index (Phi) is 4.22. The Hall–Kier alpha value is -1.31. The molecule has 2 aromatic rings. The summed E-state index contributed by atoms with van der Waals surface area (Å²) in [6, 6.07) is 13.8. The molecule has 0 aliphatic rings. The van der Waals surface area contributed by atoms with E-state index in [2.05, 4.69) is 32.9 Å². The molecule has 0 bridgehead atoms. The van der Waals surface area contributed by atoms with Crippen molar-refractivity contribution in [2.75, 3.05) is 0 Å². The molecular formula is C18H21ClO. The van der Waals surface area contributed by atoms with Gasteiger partial charge in [-0.1, -0.05) is 62.7 Å². The van der Waals surface area contributed by atoms with Crippen LogP contribution in [0.1, 0.15) is 49.1 Å². The molecule has 0 aliphatic carbocycles. The van der Waals surface area contributed by atoms with Crippen molar-refractivity contribution in [2.45, 2.75) is 39.2 Å². The van der Waals surface area contributed by atoms with Crippen molar-refractivity contribution in [1.29, 1.82) is 0 Å². The van der Waals surface area contributed by atoms with Crippen molar-refractivity contribution < 1.29 is 5.11 Å². The first-order chi connectivity index (χ1) is 9.29. The van der Waals surface area contributed by atoms with Gasteiger partial charge in [0, 0.05) is 5.02 Å². The number of aliphatic hydroxyl groups excluding tert-OH is 1. The van der Waals surface area contributed by atoms with Crippen LogP contribution in [0.4, 0.5) is 0 Å². The van der Waals surface area contributed by atoms with E-state index in [4.69, 9.17) is 11.6 Å². The standard InChI is InChI=1S/C18H21ClO/c1-12-5-10-15(19)11-16(12)17(20)13-6-8-14(9-7-13)18(2,3)4/h5-11,17,20H,1-4H3. The van der Waals surface area contributed by atoms with E-state index in [-0.39, 0.29) is 5.41 Å². The summed E-state index contributed by atoms with van der Waals surface area (Å²) in [5.74, 6) is 0. The summed E-state index contributed by atoms with van der Waals surface area (Å²) in [5, 5.41) is 11.2. The van der Waals surface area contributed by atoms with Crippen molar-refractivity contribution >= 4 is 11.6 Å². The maximum Gasteiger partial charge on any atom is 0.104 e. The predicted molar refractivity (Wildman–Crippen MR) is 85.4 cm³/mol. The number of hydrogen-bond acceptors (Lipinski definition) is 1. The average Bonchev–Trinajstić information content (AvgIpc) is 2.40. The fraction of sp³-hybridized carbons (Fsp3) is 0.333. The molecule has 0 spiro atoms. The van der Waals surface area contributed by atoms with Gasteiger partial charge in [0.1, 0.15) is 6.10 Å². The Labute approximate surface area is 126 Å². The van der Waals surface area contributed by atoms with Crippen molar-refractivity contribution in [2.24, 2.45) is 0 Å². The second-order valence-electron chi connectivity index (χ2n) is 6.28. The first-order valence-corrected chi connectivity index (χ1v) is 7.21. The summed E-state index contributed by atoms with van der Waals surface area (Å²) in [4.78, 5) is 0. The van der Waals surface area contributed by atoms with Crippen LogP contribution in [0.3, 0.4) is 0 Å². The molecule has 1 unspecified atom stereocenters. The lowest BCUT2D eigenvalue weighted by Gasteiger charge is -2.20. The van der Waals surface area contributed by atoms with Crippen molar-refractivity contribution in [3.05, 3.63) is 69.7 Å². The van der Waals surface area contributed by atoms with Crippen LogP contribution in [0.15, 0.2) is 42.5 Å². The molecule has 0 heterocycles. The van der Waals surface area contributed by atoms with Gasteiger partial charge in [-0.2, -0.15) is 0 Å². The summed E-state index contributed by atoms with van der Waals surface area (Å²) in [5.41, 5.74) is 4.18. The van der Waals surface area contributed by atoms with Crippen LogP contribution in [-0.2, 0) is 5.41 Å². The SMILES string of the molecule is Cc1ccc(Cl)cc1C(O)c1ccc(C(C)(C)C)cc1. The lowest BCUT2D eigenvalue weighted by Crippen LogP contribution is -2.11. The number of benzene rings is 2. The summed E-state index contributed by atoms with van der Waals surface area (Å²) in [7, 11) is 0. The minimum absolute atomic E-state index is 0.120. The van der Waals surface area contributed by atoms with Gasteiger partial charge >= 0.3 is 0 Å². The van der Waals surface area contributed by atoms with Crippen LogP contribution in [0.5, 0.6) is 0 Å². The van der Waals surface area contributed by atoms with Gasteiger partial charge in [-0.15, -0.1) is 0 Å². The highest BCUT2D eigenvalue weighted by Crippen LogP contribution is 2.29. The first kappa shape index (κ1) is 15.1. The van der Waals surface area contributed by atoms with Crippen LogP contribution >= 0.6 is 11.6 Å². The summed E-state index contributed by atoms with van der Waals surface area (Å²) >= 11 is 6.02. The Balaban J connectivity index is 2.34. The van der Waals surface area contributed by atoms with Crippen LogP contribution in [-0.4, -0.2) is 5.11 Å². The third-order valence-electron chi connectivity index (χ3n) is 3.63. The Morgan fingerprint density at radius 1 is 1.00 bits per heavy atom. The molecule has 0 amide bonds. The molecule has 0 aliphatic heterocycles. The molecule has 106 valence electrons. The first-order valence-electron chi connectivity index (χ1n) is 6.83. The van der Waals surface area contributed by atoms with Gasteiger partial charge in [-0.25, -0.2) is 0 Å². The molecule has 2 heteroatoms. The third-order valence-corrected chi connectivity index (χ3v) is 3.86. The van der Waals surface area contributed by atoms with Gasteiger partial charge in [0.05, 0.1) is 0 Å². The molecule has 1 atom stereocenters. The van der Waals surface area contributed by atoms with Crippen LogP contribution in [0, 0.1) is 6.92 Å². The normalized spacial score (nSPS) is 13.3. The lowest BCUT2D eigenvalue weighted by atomic mass is 9.86. The lowest BCUT2D eigenvalue weighted by molar-refractivity contribution is 0.219. The van der Waals surface area contributed by atoms with Gasteiger partial charge in [-0.05, 0) is 46.7 Å². The van der Waals surface area contributed by atoms with E-state index in [0.717, 1.165) is 16.7 Å². The zero-order valence-corrected chi connectivity index (χ0v) is 13.2. The molecule has 0 saturated carbocycles. The van der Waals surface area contributed by atoms with Gasteiger partial charge in [0.15, 0.2) is 0 Å². The highest BCUT2D eigenvalue weighted by atomic mass is 35.5. The van der Waals surface area contributed by atoms with E-state index in [0.29, 0.717) is 5.02 Å². The number of rotatable bonds is 2. The molecule has 0 aromatic heterocycles. The minimum Gasteiger partial charge on any atom is -0.384 e. The average molecular weight is 289 g/mol. The molecule has 0 fully saturated rings. The zero-order valence-electron chi connectivity index (χ0n) is 12.4. The summed E-state index contributed by atoms with van der Waals surface area (Å²) < 4.78 is 0. The summed E-state index contributed by atoms with van der Waals surface area (Å²) in [6.07, 6.45) is -0.636. The molecule has 1 nitrogen and oxygen atoms in total. The third kappa shape index (κ3) is 3.23. The Morgan fingerprint density at radius 2 is 1.60 bits per heavy atom. The number of aryl methyl sites for hydroxylation is 1. The minimum atomic E-state index is -0.636. The highest BCUT2D eigenvalue weighted by molar-refractivity contribution is 6.30. The predicted octanol–water partition coefficient (Wildman–Crippen LogP) is 5.03.